The highest BCUT2D eigenvalue weighted by Gasteiger charge is 2.20. The zero-order valence-corrected chi connectivity index (χ0v) is 10.8. The van der Waals surface area contributed by atoms with Crippen LogP contribution in [0.3, 0.4) is 0 Å². The molecular formula is C14H19N3O. The molecule has 1 aromatic heterocycles. The van der Waals surface area contributed by atoms with Crippen molar-refractivity contribution in [1.82, 2.24) is 10.4 Å². The van der Waals surface area contributed by atoms with E-state index in [1.165, 1.54) is 0 Å². The van der Waals surface area contributed by atoms with Crippen LogP contribution in [-0.4, -0.2) is 18.2 Å². The van der Waals surface area contributed by atoms with Crippen molar-refractivity contribution in [3.8, 4) is 0 Å². The summed E-state index contributed by atoms with van der Waals surface area (Å²) in [7, 11) is 1.71. The molecule has 0 aliphatic heterocycles. The summed E-state index contributed by atoms with van der Waals surface area (Å²) in [4.78, 5) is 4.36. The molecule has 0 bridgehead atoms. The van der Waals surface area contributed by atoms with Gasteiger partial charge < -0.3 is 4.74 Å². The number of pyridine rings is 1. The lowest BCUT2D eigenvalue weighted by Gasteiger charge is -2.24. The number of rotatable bonds is 5. The number of fused-ring (bicyclic) bond motifs is 1. The Morgan fingerprint density at radius 2 is 2.22 bits per heavy atom. The predicted octanol–water partition coefficient (Wildman–Crippen LogP) is 2.16. The predicted molar refractivity (Wildman–Crippen MR) is 72.9 cm³/mol. The van der Waals surface area contributed by atoms with Crippen molar-refractivity contribution < 1.29 is 4.74 Å². The van der Waals surface area contributed by atoms with Gasteiger partial charge in [0.2, 0.25) is 0 Å². The van der Waals surface area contributed by atoms with E-state index in [9.17, 15) is 0 Å². The van der Waals surface area contributed by atoms with Gasteiger partial charge in [0.1, 0.15) is 0 Å². The van der Waals surface area contributed by atoms with E-state index >= 15 is 0 Å². The van der Waals surface area contributed by atoms with E-state index in [4.69, 9.17) is 10.6 Å². The lowest BCUT2D eigenvalue weighted by molar-refractivity contribution is 0.0651. The van der Waals surface area contributed by atoms with Gasteiger partial charge in [-0.1, -0.05) is 25.1 Å². The Bertz CT molecular complexity index is 511. The Morgan fingerprint density at radius 3 is 2.89 bits per heavy atom. The van der Waals surface area contributed by atoms with Crippen molar-refractivity contribution in [2.75, 3.05) is 7.11 Å². The maximum absolute atomic E-state index is 5.65. The smallest absolute Gasteiger partial charge is 0.0776 e. The zero-order valence-electron chi connectivity index (χ0n) is 10.8. The van der Waals surface area contributed by atoms with Crippen LogP contribution < -0.4 is 11.3 Å². The normalized spacial score (nSPS) is 14.6. The minimum absolute atomic E-state index is 0.0218. The minimum Gasteiger partial charge on any atom is -0.379 e. The Morgan fingerprint density at radius 1 is 1.39 bits per heavy atom. The molecule has 1 heterocycles. The Balaban J connectivity index is 2.39. The highest BCUT2D eigenvalue weighted by Crippen LogP contribution is 2.23. The largest absolute Gasteiger partial charge is 0.379 e. The SMILES string of the molecule is CCC(OC)C(NN)c1ccc2cccnc2c1. The van der Waals surface area contributed by atoms with Crippen LogP contribution in [0.15, 0.2) is 36.5 Å². The molecule has 4 nitrogen and oxygen atoms in total. The third-order valence-corrected chi connectivity index (χ3v) is 3.25. The second kappa shape index (κ2) is 5.91. The monoisotopic (exact) mass is 245 g/mol. The van der Waals surface area contributed by atoms with Gasteiger partial charge in [-0.15, -0.1) is 0 Å². The maximum atomic E-state index is 5.65. The highest BCUT2D eigenvalue weighted by atomic mass is 16.5. The minimum atomic E-state index is -0.0218. The lowest BCUT2D eigenvalue weighted by atomic mass is 9.99. The van der Waals surface area contributed by atoms with Gasteiger partial charge in [-0.3, -0.25) is 16.3 Å². The van der Waals surface area contributed by atoms with Crippen LogP contribution in [-0.2, 0) is 4.74 Å². The van der Waals surface area contributed by atoms with Crippen molar-refractivity contribution in [1.29, 1.82) is 0 Å². The van der Waals surface area contributed by atoms with E-state index in [1.54, 1.807) is 13.3 Å². The average Bonchev–Trinajstić information content (AvgIpc) is 2.44. The van der Waals surface area contributed by atoms with E-state index in [0.29, 0.717) is 0 Å². The molecular weight excluding hydrogens is 226 g/mol. The number of nitrogens with one attached hydrogen (secondary N) is 1. The van der Waals surface area contributed by atoms with E-state index in [1.807, 2.05) is 12.1 Å². The van der Waals surface area contributed by atoms with Gasteiger partial charge in [-0.2, -0.15) is 0 Å². The van der Waals surface area contributed by atoms with Crippen LogP contribution in [0.1, 0.15) is 24.9 Å². The number of aromatic nitrogens is 1. The van der Waals surface area contributed by atoms with Crippen LogP contribution in [0.2, 0.25) is 0 Å². The summed E-state index contributed by atoms with van der Waals surface area (Å²) < 4.78 is 5.46. The van der Waals surface area contributed by atoms with E-state index < -0.39 is 0 Å². The van der Waals surface area contributed by atoms with Crippen molar-refractivity contribution in [2.24, 2.45) is 5.84 Å². The second-order valence-corrected chi connectivity index (χ2v) is 4.28. The van der Waals surface area contributed by atoms with E-state index in [-0.39, 0.29) is 12.1 Å². The summed E-state index contributed by atoms with van der Waals surface area (Å²) in [5.74, 6) is 5.65. The average molecular weight is 245 g/mol. The molecule has 18 heavy (non-hydrogen) atoms. The molecule has 96 valence electrons. The summed E-state index contributed by atoms with van der Waals surface area (Å²) in [5.41, 5.74) is 4.90. The molecule has 3 N–H and O–H groups in total. The fourth-order valence-corrected chi connectivity index (χ4v) is 2.23. The lowest BCUT2D eigenvalue weighted by Crippen LogP contribution is -2.37. The Labute approximate surface area is 107 Å². The van der Waals surface area contributed by atoms with Crippen molar-refractivity contribution in [3.05, 3.63) is 42.1 Å². The van der Waals surface area contributed by atoms with Gasteiger partial charge in [0, 0.05) is 18.7 Å². The van der Waals surface area contributed by atoms with E-state index in [2.05, 4.69) is 35.5 Å². The van der Waals surface area contributed by atoms with Gasteiger partial charge in [-0.05, 0) is 24.1 Å². The molecule has 0 fully saturated rings. The zero-order chi connectivity index (χ0) is 13.0. The number of methoxy groups -OCH3 is 1. The van der Waals surface area contributed by atoms with Crippen molar-refractivity contribution in [3.63, 3.8) is 0 Å². The van der Waals surface area contributed by atoms with Gasteiger partial charge in [0.25, 0.3) is 0 Å². The molecule has 2 unspecified atom stereocenters. The standard InChI is InChI=1S/C14H19N3O/c1-3-13(18-2)14(17-15)11-7-6-10-5-4-8-16-12(10)9-11/h4-9,13-14,17H,3,15H2,1-2H3. The van der Waals surface area contributed by atoms with Crippen LogP contribution in [0.5, 0.6) is 0 Å². The molecule has 1 aromatic carbocycles. The molecule has 0 aliphatic carbocycles. The summed E-state index contributed by atoms with van der Waals surface area (Å²) in [6, 6.07) is 10.1. The van der Waals surface area contributed by atoms with Crippen LogP contribution in [0.25, 0.3) is 10.9 Å². The van der Waals surface area contributed by atoms with Crippen molar-refractivity contribution >= 4 is 10.9 Å². The first-order chi connectivity index (χ1) is 8.80. The third-order valence-electron chi connectivity index (χ3n) is 3.25. The van der Waals surface area contributed by atoms with Gasteiger partial charge in [-0.25, -0.2) is 0 Å². The third kappa shape index (κ3) is 2.51. The first kappa shape index (κ1) is 13.0. The number of ether oxygens (including phenoxy) is 1. The molecule has 2 aromatic rings. The first-order valence-corrected chi connectivity index (χ1v) is 6.13. The molecule has 0 spiro atoms. The Kier molecular flexibility index (Phi) is 4.25. The van der Waals surface area contributed by atoms with Crippen LogP contribution in [0.4, 0.5) is 0 Å². The summed E-state index contributed by atoms with van der Waals surface area (Å²) >= 11 is 0. The fraction of sp³-hybridized carbons (Fsp3) is 0.357. The maximum Gasteiger partial charge on any atom is 0.0776 e. The van der Waals surface area contributed by atoms with Crippen LogP contribution in [0, 0.1) is 0 Å². The molecule has 0 saturated carbocycles. The second-order valence-electron chi connectivity index (χ2n) is 4.28. The molecule has 2 atom stereocenters. The molecule has 0 radical (unpaired) electrons. The fourth-order valence-electron chi connectivity index (χ4n) is 2.23. The number of nitrogens with zero attached hydrogens (tertiary/aromatic N) is 1. The van der Waals surface area contributed by atoms with Gasteiger partial charge in [0.05, 0.1) is 17.7 Å². The number of hydrogen-bond donors (Lipinski definition) is 2. The number of benzene rings is 1. The van der Waals surface area contributed by atoms with Gasteiger partial charge in [0.15, 0.2) is 0 Å². The quantitative estimate of drug-likeness (QED) is 0.626. The topological polar surface area (TPSA) is 60.2 Å². The molecule has 4 heteroatoms. The van der Waals surface area contributed by atoms with E-state index in [0.717, 1.165) is 22.9 Å². The van der Waals surface area contributed by atoms with Crippen LogP contribution >= 0.6 is 0 Å². The molecule has 0 aliphatic rings. The number of hydrogen-bond acceptors (Lipinski definition) is 4. The number of nitrogens with two attached hydrogens (primary N) is 1. The molecule has 0 amide bonds. The summed E-state index contributed by atoms with van der Waals surface area (Å²) in [5, 5.41) is 1.13. The first-order valence-electron chi connectivity index (χ1n) is 6.13. The van der Waals surface area contributed by atoms with Crippen molar-refractivity contribution in [2.45, 2.75) is 25.5 Å². The van der Waals surface area contributed by atoms with Gasteiger partial charge >= 0.3 is 0 Å². The summed E-state index contributed by atoms with van der Waals surface area (Å²) in [6.07, 6.45) is 2.74. The molecule has 0 saturated heterocycles. The molecule has 2 rings (SSSR count). The highest BCUT2D eigenvalue weighted by molar-refractivity contribution is 5.79. The Hall–Kier alpha value is -1.49. The summed E-state index contributed by atoms with van der Waals surface area (Å²) in [6.45, 7) is 2.08. The number of hydrazine groups is 1.